The van der Waals surface area contributed by atoms with Gasteiger partial charge in [0, 0.05) is 51.1 Å². The second-order valence-electron chi connectivity index (χ2n) is 9.11. The molecule has 0 aliphatic carbocycles. The summed E-state index contributed by atoms with van der Waals surface area (Å²) >= 11 is 1.44. The van der Waals surface area contributed by atoms with E-state index in [2.05, 4.69) is 20.9 Å². The van der Waals surface area contributed by atoms with Crippen LogP contribution in [0.25, 0.3) is 0 Å². The van der Waals surface area contributed by atoms with Gasteiger partial charge in [0.05, 0.1) is 5.69 Å². The Hall–Kier alpha value is -2.98. The lowest BCUT2D eigenvalue weighted by atomic mass is 10.1. The van der Waals surface area contributed by atoms with E-state index in [0.717, 1.165) is 22.6 Å². The minimum Gasteiger partial charge on any atom is -0.444 e. The van der Waals surface area contributed by atoms with Gasteiger partial charge in [0.1, 0.15) is 5.60 Å². The topological polar surface area (TPSA) is 113 Å². The molecule has 0 spiro atoms. The number of amides is 3. The number of nitrogens with one attached hydrogen (secondary N) is 3. The van der Waals surface area contributed by atoms with E-state index in [4.69, 9.17) is 4.74 Å². The number of aryl methyl sites for hydroxylation is 2. The fourth-order valence-electron chi connectivity index (χ4n) is 2.98. The van der Waals surface area contributed by atoms with E-state index >= 15 is 0 Å². The predicted molar refractivity (Wildman–Crippen MR) is 135 cm³/mol. The van der Waals surface area contributed by atoms with E-state index in [1.165, 1.54) is 18.3 Å². The quantitative estimate of drug-likeness (QED) is 0.438. The van der Waals surface area contributed by atoms with Crippen molar-refractivity contribution < 1.29 is 19.1 Å². The van der Waals surface area contributed by atoms with Gasteiger partial charge >= 0.3 is 6.09 Å². The molecular formula is C24H35N5O4S. The number of anilines is 2. The Morgan fingerprint density at radius 1 is 1.06 bits per heavy atom. The molecule has 3 amide bonds. The Kier molecular flexibility index (Phi) is 10.0. The van der Waals surface area contributed by atoms with Crippen LogP contribution in [0.3, 0.4) is 0 Å². The maximum Gasteiger partial charge on any atom is 0.412 e. The zero-order valence-electron chi connectivity index (χ0n) is 20.8. The first-order valence-corrected chi connectivity index (χ1v) is 12.0. The highest BCUT2D eigenvalue weighted by Gasteiger charge is 2.16. The number of carbonyl (C=O) groups excluding carboxylic acids is 3. The molecule has 0 atom stereocenters. The normalized spacial score (nSPS) is 11.1. The van der Waals surface area contributed by atoms with Crippen molar-refractivity contribution in [1.29, 1.82) is 0 Å². The van der Waals surface area contributed by atoms with Gasteiger partial charge in [0.25, 0.3) is 0 Å². The Morgan fingerprint density at radius 3 is 2.32 bits per heavy atom. The minimum atomic E-state index is -0.553. The molecule has 0 radical (unpaired) electrons. The van der Waals surface area contributed by atoms with Crippen LogP contribution < -0.4 is 16.0 Å². The van der Waals surface area contributed by atoms with Gasteiger partial charge in [-0.2, -0.15) is 0 Å². The maximum absolute atomic E-state index is 11.9. The molecule has 10 heteroatoms. The summed E-state index contributed by atoms with van der Waals surface area (Å²) in [6, 6.07) is 7.59. The van der Waals surface area contributed by atoms with Crippen LogP contribution in [0.1, 0.15) is 50.3 Å². The molecule has 0 saturated carbocycles. The molecule has 0 bridgehead atoms. The Morgan fingerprint density at radius 2 is 1.74 bits per heavy atom. The van der Waals surface area contributed by atoms with Crippen molar-refractivity contribution in [2.24, 2.45) is 0 Å². The average molecular weight is 490 g/mol. The summed E-state index contributed by atoms with van der Waals surface area (Å²) < 4.78 is 5.27. The first kappa shape index (κ1) is 27.3. The number of hydrogen-bond donors (Lipinski definition) is 3. The summed E-state index contributed by atoms with van der Waals surface area (Å²) in [7, 11) is 3.48. The summed E-state index contributed by atoms with van der Waals surface area (Å²) in [5.41, 5.74) is 2.12. The van der Waals surface area contributed by atoms with Gasteiger partial charge in [-0.1, -0.05) is 12.1 Å². The predicted octanol–water partition coefficient (Wildman–Crippen LogP) is 3.80. The lowest BCUT2D eigenvalue weighted by Gasteiger charge is -2.19. The highest BCUT2D eigenvalue weighted by molar-refractivity contribution is 7.15. The second-order valence-corrected chi connectivity index (χ2v) is 10.2. The van der Waals surface area contributed by atoms with Gasteiger partial charge < -0.3 is 20.3 Å². The van der Waals surface area contributed by atoms with Crippen molar-refractivity contribution in [2.45, 2.75) is 59.1 Å². The number of carbonyl (C=O) groups is 3. The van der Waals surface area contributed by atoms with Crippen LogP contribution in [0.5, 0.6) is 0 Å². The highest BCUT2D eigenvalue weighted by Crippen LogP contribution is 2.25. The largest absolute Gasteiger partial charge is 0.444 e. The summed E-state index contributed by atoms with van der Waals surface area (Å²) in [6.45, 7) is 8.05. The standard InChI is InChI=1S/C24H35N5O4S/c1-16(30)26-22-28-19(20(34-22)15-25-14-13-21(31)29(5)6)12-9-17-7-10-18(11-8-17)27-23(32)33-24(2,3)4/h7-8,10-11,25H,9,12-15H2,1-6H3,(H,27,32)(H,26,28,30). The number of benzene rings is 1. The molecule has 0 unspecified atom stereocenters. The van der Waals surface area contributed by atoms with E-state index < -0.39 is 11.7 Å². The third-order valence-corrected chi connectivity index (χ3v) is 5.62. The molecule has 0 aliphatic heterocycles. The second kappa shape index (κ2) is 12.5. The van der Waals surface area contributed by atoms with Gasteiger partial charge in [-0.25, -0.2) is 9.78 Å². The SMILES string of the molecule is CC(=O)Nc1nc(CCc2ccc(NC(=O)OC(C)(C)C)cc2)c(CNCCC(=O)N(C)C)s1. The fourth-order valence-corrected chi connectivity index (χ4v) is 4.00. The average Bonchev–Trinajstić information content (AvgIpc) is 3.09. The van der Waals surface area contributed by atoms with Crippen molar-refractivity contribution in [2.75, 3.05) is 31.3 Å². The number of thiazole rings is 1. The van der Waals surface area contributed by atoms with Crippen molar-refractivity contribution in [1.82, 2.24) is 15.2 Å². The van der Waals surface area contributed by atoms with Crippen molar-refractivity contribution in [3.63, 3.8) is 0 Å². The molecule has 186 valence electrons. The van der Waals surface area contributed by atoms with Crippen LogP contribution in [0.4, 0.5) is 15.6 Å². The van der Waals surface area contributed by atoms with Gasteiger partial charge in [0.15, 0.2) is 5.13 Å². The van der Waals surface area contributed by atoms with Crippen LogP contribution in [-0.4, -0.2) is 54.0 Å². The Labute approximate surface area is 205 Å². The molecule has 0 fully saturated rings. The van der Waals surface area contributed by atoms with Crippen LogP contribution in [0, 0.1) is 0 Å². The molecule has 0 aliphatic rings. The molecule has 2 rings (SSSR count). The molecule has 0 saturated heterocycles. The third-order valence-electron chi connectivity index (χ3n) is 4.61. The van der Waals surface area contributed by atoms with Crippen LogP contribution in [0.2, 0.25) is 0 Å². The smallest absolute Gasteiger partial charge is 0.412 e. The van der Waals surface area contributed by atoms with Crippen molar-refractivity contribution in [3.05, 3.63) is 40.4 Å². The van der Waals surface area contributed by atoms with Crippen molar-refractivity contribution >= 4 is 40.1 Å². The summed E-state index contributed by atoms with van der Waals surface area (Å²) in [6.07, 6.45) is 1.38. The first-order valence-electron chi connectivity index (χ1n) is 11.2. The van der Waals surface area contributed by atoms with Crippen LogP contribution in [0.15, 0.2) is 24.3 Å². The number of aromatic nitrogens is 1. The summed E-state index contributed by atoms with van der Waals surface area (Å²) in [5, 5.41) is 9.35. The maximum atomic E-state index is 11.9. The van der Waals surface area contributed by atoms with E-state index in [0.29, 0.717) is 36.8 Å². The van der Waals surface area contributed by atoms with E-state index in [-0.39, 0.29) is 11.8 Å². The fraction of sp³-hybridized carbons (Fsp3) is 0.500. The number of nitrogens with zero attached hydrogens (tertiary/aromatic N) is 2. The zero-order chi connectivity index (χ0) is 25.3. The molecule has 2 aromatic rings. The monoisotopic (exact) mass is 489 g/mol. The van der Waals surface area contributed by atoms with Gasteiger partial charge in [0.2, 0.25) is 11.8 Å². The lowest BCUT2D eigenvalue weighted by Crippen LogP contribution is -2.27. The third kappa shape index (κ3) is 9.88. The molecule has 3 N–H and O–H groups in total. The first-order chi connectivity index (χ1) is 15.9. The molecule has 1 aromatic heterocycles. The lowest BCUT2D eigenvalue weighted by molar-refractivity contribution is -0.128. The van der Waals surface area contributed by atoms with E-state index in [9.17, 15) is 14.4 Å². The molecular weight excluding hydrogens is 454 g/mol. The van der Waals surface area contributed by atoms with Gasteiger partial charge in [-0.05, 0) is 51.3 Å². The Balaban J connectivity index is 1.96. The van der Waals surface area contributed by atoms with Crippen LogP contribution >= 0.6 is 11.3 Å². The van der Waals surface area contributed by atoms with E-state index in [1.807, 2.05) is 45.0 Å². The minimum absolute atomic E-state index is 0.0700. The highest BCUT2D eigenvalue weighted by atomic mass is 32.1. The Bertz CT molecular complexity index is 980. The molecule has 1 aromatic carbocycles. The molecule has 34 heavy (non-hydrogen) atoms. The molecule has 1 heterocycles. The van der Waals surface area contributed by atoms with Gasteiger partial charge in [-0.15, -0.1) is 11.3 Å². The van der Waals surface area contributed by atoms with E-state index in [1.54, 1.807) is 19.0 Å². The van der Waals surface area contributed by atoms with Gasteiger partial charge in [-0.3, -0.25) is 14.9 Å². The summed E-state index contributed by atoms with van der Waals surface area (Å²) in [4.78, 5) is 42.3. The number of ether oxygens (including phenoxy) is 1. The zero-order valence-corrected chi connectivity index (χ0v) is 21.6. The summed E-state index contributed by atoms with van der Waals surface area (Å²) in [5.74, 6) is -0.0926. The molecule has 9 nitrogen and oxygen atoms in total. The number of hydrogen-bond acceptors (Lipinski definition) is 7. The number of rotatable bonds is 10. The van der Waals surface area contributed by atoms with Crippen molar-refractivity contribution in [3.8, 4) is 0 Å². The van der Waals surface area contributed by atoms with Crippen LogP contribution in [-0.2, 0) is 33.7 Å².